The maximum Gasteiger partial charge on any atom is 0.366 e. The van der Waals surface area contributed by atoms with E-state index >= 15 is 0 Å². The number of ether oxygens (including phenoxy) is 1. The number of rotatable bonds is 7. The van der Waals surface area contributed by atoms with E-state index in [1.54, 1.807) is 13.3 Å². The Morgan fingerprint density at radius 3 is 2.89 bits per heavy atom. The molecule has 2 saturated carbocycles. The van der Waals surface area contributed by atoms with Crippen LogP contribution in [0.1, 0.15) is 67.4 Å². The van der Waals surface area contributed by atoms with Gasteiger partial charge in [-0.1, -0.05) is 18.1 Å². The lowest BCUT2D eigenvalue weighted by atomic mass is 9.54. The fourth-order valence-corrected chi connectivity index (χ4v) is 7.99. The average molecular weight is 526 g/mol. The van der Waals surface area contributed by atoms with Crippen molar-refractivity contribution in [3.8, 4) is 5.75 Å². The summed E-state index contributed by atoms with van der Waals surface area (Å²) in [6.45, 7) is 4.47. The smallest absolute Gasteiger partial charge is 0.366 e. The number of esters is 1. The van der Waals surface area contributed by atoms with E-state index < -0.39 is 0 Å². The van der Waals surface area contributed by atoms with Crippen molar-refractivity contribution >= 4 is 34.1 Å². The van der Waals surface area contributed by atoms with E-state index in [9.17, 15) is 9.59 Å². The quantitative estimate of drug-likeness (QED) is 0.321. The zero-order valence-corrected chi connectivity index (χ0v) is 22.7. The van der Waals surface area contributed by atoms with E-state index in [1.165, 1.54) is 22.5 Å². The average Bonchev–Trinajstić information content (AvgIpc) is 3.42. The minimum absolute atomic E-state index is 0.00810. The van der Waals surface area contributed by atoms with Crippen molar-refractivity contribution in [2.24, 2.45) is 28.3 Å². The van der Waals surface area contributed by atoms with Crippen molar-refractivity contribution in [1.29, 1.82) is 0 Å². The van der Waals surface area contributed by atoms with E-state index in [0.717, 1.165) is 49.1 Å². The van der Waals surface area contributed by atoms with Crippen molar-refractivity contribution in [2.75, 3.05) is 19.0 Å². The van der Waals surface area contributed by atoms with Gasteiger partial charge in [0.25, 0.3) is 0 Å². The summed E-state index contributed by atoms with van der Waals surface area (Å²) in [6.07, 6.45) is 8.18. The van der Waals surface area contributed by atoms with Crippen LogP contribution in [0.2, 0.25) is 0 Å². The number of nitrogens with zero attached hydrogens (tertiary/aromatic N) is 2. The maximum atomic E-state index is 12.8. The monoisotopic (exact) mass is 525 g/mol. The molecule has 198 valence electrons. The van der Waals surface area contributed by atoms with Gasteiger partial charge in [-0.25, -0.2) is 9.78 Å². The highest BCUT2D eigenvalue weighted by atomic mass is 32.1. The Morgan fingerprint density at radius 1 is 1.32 bits per heavy atom. The number of aromatic nitrogens is 1. The Hall–Kier alpha value is -2.78. The van der Waals surface area contributed by atoms with Crippen LogP contribution in [-0.4, -0.2) is 36.2 Å². The predicted octanol–water partition coefficient (Wildman–Crippen LogP) is 4.10. The van der Waals surface area contributed by atoms with Crippen LogP contribution in [0.3, 0.4) is 0 Å². The van der Waals surface area contributed by atoms with Gasteiger partial charge in [0.15, 0.2) is 11.7 Å². The largest absolute Gasteiger partial charge is 0.422 e. The number of benzene rings is 1. The highest BCUT2D eigenvalue weighted by Gasteiger charge is 2.57. The molecule has 2 fully saturated rings. The standard InChI is InChI=1S/C28H36N4O4S/c1-16-15-30-27(37-16)31-24(33)9-5-18-13-23(32-35-3)28(2)11-10-21-20-8-6-19(36-25(34)14-29)12-17(20)4-7-22(21)26(18)28/h6,8,12,15,18,21-22,26H,4-5,7,9-11,13-14,29H2,1-3H3,(H,30,31,33)/p+1/b32-23+/t18-,21?,22?,26?,28-/m1/s1. The summed E-state index contributed by atoms with van der Waals surface area (Å²) in [5, 5.41) is 8.15. The highest BCUT2D eigenvalue weighted by Crippen LogP contribution is 2.62. The number of aryl methyl sites for hydroxylation is 2. The fraction of sp³-hybridized carbons (Fsp3) is 0.571. The number of anilines is 1. The summed E-state index contributed by atoms with van der Waals surface area (Å²) < 4.78 is 5.43. The maximum absolute atomic E-state index is 12.8. The number of amides is 1. The number of carbonyl (C=O) groups excluding carboxylic acids is 2. The third kappa shape index (κ3) is 5.03. The molecule has 0 aliphatic heterocycles. The van der Waals surface area contributed by atoms with Crippen LogP contribution in [0.4, 0.5) is 5.13 Å². The Bertz CT molecular complexity index is 1210. The molecule has 37 heavy (non-hydrogen) atoms. The highest BCUT2D eigenvalue weighted by molar-refractivity contribution is 7.15. The Labute approximate surface area is 222 Å². The number of quaternary nitrogens is 1. The molecular weight excluding hydrogens is 488 g/mol. The predicted molar refractivity (Wildman–Crippen MR) is 142 cm³/mol. The van der Waals surface area contributed by atoms with Crippen LogP contribution in [0.5, 0.6) is 5.75 Å². The third-order valence-electron chi connectivity index (χ3n) is 8.82. The molecule has 5 atom stereocenters. The van der Waals surface area contributed by atoms with Crippen molar-refractivity contribution < 1.29 is 24.9 Å². The molecule has 5 rings (SSSR count). The number of hydrogen-bond donors (Lipinski definition) is 2. The van der Waals surface area contributed by atoms with E-state index in [-0.39, 0.29) is 23.8 Å². The Balaban J connectivity index is 1.35. The van der Waals surface area contributed by atoms with E-state index in [0.29, 0.717) is 41.0 Å². The van der Waals surface area contributed by atoms with Crippen LogP contribution in [0.15, 0.2) is 29.6 Å². The topological polar surface area (TPSA) is 118 Å². The van der Waals surface area contributed by atoms with Crippen molar-refractivity contribution in [2.45, 2.75) is 64.7 Å². The van der Waals surface area contributed by atoms with Crippen molar-refractivity contribution in [3.05, 3.63) is 40.4 Å². The molecular formula is C28H37N4O4S+. The van der Waals surface area contributed by atoms with E-state index in [4.69, 9.17) is 9.57 Å². The first kappa shape index (κ1) is 25.9. The first-order chi connectivity index (χ1) is 17.8. The second-order valence-corrected chi connectivity index (χ2v) is 12.2. The van der Waals surface area contributed by atoms with Crippen LogP contribution < -0.4 is 15.8 Å². The van der Waals surface area contributed by atoms with Gasteiger partial charge < -0.3 is 20.6 Å². The van der Waals surface area contributed by atoms with Gasteiger partial charge in [0.2, 0.25) is 5.91 Å². The first-order valence-electron chi connectivity index (χ1n) is 13.3. The summed E-state index contributed by atoms with van der Waals surface area (Å²) >= 11 is 1.50. The summed E-state index contributed by atoms with van der Waals surface area (Å²) in [6, 6.07) is 6.14. The zero-order chi connectivity index (χ0) is 26.2. The van der Waals surface area contributed by atoms with Crippen LogP contribution in [-0.2, 0) is 20.8 Å². The number of thiazole rings is 1. The summed E-state index contributed by atoms with van der Waals surface area (Å²) in [7, 11) is 1.63. The number of fused-ring (bicyclic) bond motifs is 5. The van der Waals surface area contributed by atoms with Crippen LogP contribution in [0.25, 0.3) is 0 Å². The minimum Gasteiger partial charge on any atom is -0.422 e. The number of nitrogens with one attached hydrogen (secondary N) is 1. The molecule has 1 aromatic heterocycles. The van der Waals surface area contributed by atoms with Gasteiger partial charge in [-0.15, -0.1) is 11.3 Å². The summed E-state index contributed by atoms with van der Waals surface area (Å²) in [4.78, 5) is 35.1. The van der Waals surface area contributed by atoms with Gasteiger partial charge in [-0.2, -0.15) is 0 Å². The molecule has 0 radical (unpaired) electrons. The number of carbonyl (C=O) groups is 2. The van der Waals surface area contributed by atoms with Crippen LogP contribution in [0, 0.1) is 30.1 Å². The minimum atomic E-state index is -0.310. The van der Waals surface area contributed by atoms with Gasteiger partial charge >= 0.3 is 5.97 Å². The Kier molecular flexibility index (Phi) is 7.36. The first-order valence-corrected chi connectivity index (χ1v) is 14.1. The van der Waals surface area contributed by atoms with Gasteiger partial charge in [0.1, 0.15) is 12.9 Å². The molecule has 0 bridgehead atoms. The molecule has 3 unspecified atom stereocenters. The SMILES string of the molecule is CO/N=C1\C[C@@H](CCC(=O)Nc2ncc(C)s2)C2C3CCc4cc(OC(=O)C[NH3+])ccc4C3CC[C@]12C. The molecule has 0 saturated heterocycles. The fourth-order valence-electron chi connectivity index (χ4n) is 7.31. The number of hydrogen-bond acceptors (Lipinski definition) is 7. The molecule has 2 aromatic rings. The lowest BCUT2D eigenvalue weighted by molar-refractivity contribution is -0.358. The van der Waals surface area contributed by atoms with E-state index in [1.807, 2.05) is 19.1 Å². The molecule has 3 aliphatic rings. The lowest BCUT2D eigenvalue weighted by Crippen LogP contribution is -2.55. The van der Waals surface area contributed by atoms with Crippen molar-refractivity contribution in [1.82, 2.24) is 4.98 Å². The molecule has 1 amide bonds. The molecule has 0 spiro atoms. The molecule has 9 heteroatoms. The van der Waals surface area contributed by atoms with Crippen molar-refractivity contribution in [3.63, 3.8) is 0 Å². The molecule has 8 nitrogen and oxygen atoms in total. The summed E-state index contributed by atoms with van der Waals surface area (Å²) in [5.41, 5.74) is 7.44. The van der Waals surface area contributed by atoms with Gasteiger partial charge in [0.05, 0.1) is 5.71 Å². The lowest BCUT2D eigenvalue weighted by Gasteiger charge is -2.50. The number of oxime groups is 1. The van der Waals surface area contributed by atoms with Crippen LogP contribution >= 0.6 is 11.3 Å². The second-order valence-electron chi connectivity index (χ2n) is 10.9. The molecule has 1 heterocycles. The molecule has 4 N–H and O–H groups in total. The molecule has 3 aliphatic carbocycles. The van der Waals surface area contributed by atoms with Gasteiger partial charge in [-0.05, 0) is 92.4 Å². The second kappa shape index (κ2) is 10.5. The normalized spacial score (nSPS) is 29.2. The van der Waals surface area contributed by atoms with E-state index in [2.05, 4.69) is 34.2 Å². The zero-order valence-electron chi connectivity index (χ0n) is 21.9. The van der Waals surface area contributed by atoms with Gasteiger partial charge in [-0.3, -0.25) is 4.79 Å². The molecule has 1 aromatic carbocycles. The summed E-state index contributed by atoms with van der Waals surface area (Å²) in [5.74, 6) is 2.16. The van der Waals surface area contributed by atoms with Gasteiger partial charge in [0, 0.05) is 22.9 Å². The Morgan fingerprint density at radius 2 is 2.16 bits per heavy atom. The third-order valence-corrected chi connectivity index (χ3v) is 9.65.